The minimum absolute atomic E-state index is 0.336. The third-order valence-electron chi connectivity index (χ3n) is 5.38. The average Bonchev–Trinajstić information content (AvgIpc) is 2.76. The summed E-state index contributed by atoms with van der Waals surface area (Å²) in [6, 6.07) is 27.9. The summed E-state index contributed by atoms with van der Waals surface area (Å²) in [5.74, 6) is 0. The minimum Gasteiger partial charge on any atom is -0.369 e. The van der Waals surface area contributed by atoms with Gasteiger partial charge in [-0.25, -0.2) is 0 Å². The zero-order valence-corrected chi connectivity index (χ0v) is 17.7. The molecule has 1 unspecified atom stereocenters. The van der Waals surface area contributed by atoms with Gasteiger partial charge >= 0.3 is 0 Å². The van der Waals surface area contributed by atoms with Crippen LogP contribution in [0.2, 0.25) is 5.02 Å². The smallest absolute Gasteiger partial charge is 0.0410 e. The monoisotopic (exact) mass is 408 g/mol. The molecule has 0 aliphatic carbocycles. The highest BCUT2D eigenvalue weighted by Gasteiger charge is 2.24. The van der Waals surface area contributed by atoms with Crippen LogP contribution in [0.15, 0.2) is 88.7 Å². The fourth-order valence-electron chi connectivity index (χ4n) is 3.76. The molecule has 1 heterocycles. The van der Waals surface area contributed by atoms with E-state index in [1.165, 1.54) is 21.0 Å². The van der Waals surface area contributed by atoms with Gasteiger partial charge in [-0.05, 0) is 55.0 Å². The van der Waals surface area contributed by atoms with Crippen molar-refractivity contribution >= 4 is 29.1 Å². The first-order valence-electron chi connectivity index (χ1n) is 9.77. The van der Waals surface area contributed by atoms with Crippen molar-refractivity contribution in [2.45, 2.75) is 22.8 Å². The first kappa shape index (κ1) is 19.4. The Bertz CT molecular complexity index is 893. The number of anilines is 1. The van der Waals surface area contributed by atoms with E-state index in [-0.39, 0.29) is 0 Å². The number of benzene rings is 3. The Morgan fingerprint density at radius 2 is 1.46 bits per heavy atom. The zero-order chi connectivity index (χ0) is 19.3. The van der Waals surface area contributed by atoms with Crippen molar-refractivity contribution in [2.75, 3.05) is 31.1 Å². The van der Waals surface area contributed by atoms with Crippen LogP contribution in [0.3, 0.4) is 0 Å². The van der Waals surface area contributed by atoms with Gasteiger partial charge in [0.05, 0.1) is 0 Å². The van der Waals surface area contributed by atoms with Crippen molar-refractivity contribution in [1.82, 2.24) is 4.90 Å². The molecule has 0 aromatic heterocycles. The van der Waals surface area contributed by atoms with Gasteiger partial charge < -0.3 is 4.90 Å². The van der Waals surface area contributed by atoms with E-state index in [9.17, 15) is 0 Å². The number of hydrogen-bond donors (Lipinski definition) is 0. The second-order valence-electron chi connectivity index (χ2n) is 7.13. The number of rotatable bonds is 5. The molecule has 144 valence electrons. The van der Waals surface area contributed by atoms with Crippen molar-refractivity contribution in [3.63, 3.8) is 0 Å². The number of para-hydroxylation sites is 1. The first-order valence-corrected chi connectivity index (χ1v) is 11.0. The zero-order valence-electron chi connectivity index (χ0n) is 16.1. The van der Waals surface area contributed by atoms with Gasteiger partial charge in [0.2, 0.25) is 0 Å². The molecule has 4 rings (SSSR count). The molecule has 0 amide bonds. The van der Waals surface area contributed by atoms with E-state index in [4.69, 9.17) is 11.6 Å². The molecule has 0 radical (unpaired) electrons. The highest BCUT2D eigenvalue weighted by Crippen LogP contribution is 2.37. The lowest BCUT2D eigenvalue weighted by atomic mass is 10.1. The van der Waals surface area contributed by atoms with Gasteiger partial charge in [-0.2, -0.15) is 0 Å². The Morgan fingerprint density at radius 3 is 2.14 bits per heavy atom. The SMILES string of the molecule is CC(c1cc(Cl)ccc1Sc1ccccc1)N1CCN(c2ccccc2)CC1. The molecular formula is C24H25ClN2S. The molecule has 0 saturated carbocycles. The third kappa shape index (κ3) is 4.54. The van der Waals surface area contributed by atoms with Crippen molar-refractivity contribution in [3.8, 4) is 0 Å². The van der Waals surface area contributed by atoms with Crippen molar-refractivity contribution in [2.24, 2.45) is 0 Å². The molecule has 3 aromatic rings. The van der Waals surface area contributed by atoms with Crippen LogP contribution in [0.4, 0.5) is 5.69 Å². The maximum atomic E-state index is 6.37. The molecular weight excluding hydrogens is 384 g/mol. The first-order chi connectivity index (χ1) is 13.7. The van der Waals surface area contributed by atoms with Gasteiger partial charge in [0.1, 0.15) is 0 Å². The van der Waals surface area contributed by atoms with E-state index in [1.807, 2.05) is 17.8 Å². The van der Waals surface area contributed by atoms with Gasteiger partial charge in [-0.3, -0.25) is 4.90 Å². The van der Waals surface area contributed by atoms with Gasteiger partial charge in [-0.1, -0.05) is 59.8 Å². The maximum absolute atomic E-state index is 6.37. The van der Waals surface area contributed by atoms with E-state index >= 15 is 0 Å². The molecule has 1 saturated heterocycles. The van der Waals surface area contributed by atoms with Crippen LogP contribution in [-0.4, -0.2) is 31.1 Å². The second-order valence-corrected chi connectivity index (χ2v) is 8.68. The Morgan fingerprint density at radius 1 is 0.821 bits per heavy atom. The fourth-order valence-corrected chi connectivity index (χ4v) is 4.97. The third-order valence-corrected chi connectivity index (χ3v) is 6.71. The van der Waals surface area contributed by atoms with Crippen molar-refractivity contribution < 1.29 is 0 Å². The predicted octanol–water partition coefficient (Wildman–Crippen LogP) is 6.37. The number of piperazine rings is 1. The minimum atomic E-state index is 0.336. The second kappa shape index (κ2) is 9.04. The topological polar surface area (TPSA) is 6.48 Å². The summed E-state index contributed by atoms with van der Waals surface area (Å²) in [4.78, 5) is 7.59. The summed E-state index contributed by atoms with van der Waals surface area (Å²) in [5.41, 5.74) is 2.63. The van der Waals surface area contributed by atoms with E-state index in [2.05, 4.69) is 89.5 Å². The Labute approximate surface area is 177 Å². The van der Waals surface area contributed by atoms with E-state index in [0.29, 0.717) is 6.04 Å². The molecule has 0 spiro atoms. The van der Waals surface area contributed by atoms with Crippen molar-refractivity contribution in [1.29, 1.82) is 0 Å². The fraction of sp³-hybridized carbons (Fsp3) is 0.250. The van der Waals surface area contributed by atoms with E-state index < -0.39 is 0 Å². The molecule has 3 aromatic carbocycles. The predicted molar refractivity (Wildman–Crippen MR) is 121 cm³/mol. The molecule has 1 fully saturated rings. The number of nitrogens with zero attached hydrogens (tertiary/aromatic N) is 2. The van der Waals surface area contributed by atoms with E-state index in [0.717, 1.165) is 31.2 Å². The van der Waals surface area contributed by atoms with Crippen LogP contribution >= 0.6 is 23.4 Å². The van der Waals surface area contributed by atoms with Crippen LogP contribution in [0.25, 0.3) is 0 Å². The highest BCUT2D eigenvalue weighted by molar-refractivity contribution is 7.99. The normalized spacial score (nSPS) is 16.1. The summed E-state index contributed by atoms with van der Waals surface area (Å²) < 4.78 is 0. The Balaban J connectivity index is 1.49. The van der Waals surface area contributed by atoms with Gasteiger partial charge in [0.15, 0.2) is 0 Å². The molecule has 1 atom stereocenters. The summed E-state index contributed by atoms with van der Waals surface area (Å²) in [7, 11) is 0. The van der Waals surface area contributed by atoms with Crippen LogP contribution in [0.1, 0.15) is 18.5 Å². The van der Waals surface area contributed by atoms with Gasteiger partial charge in [0.25, 0.3) is 0 Å². The summed E-state index contributed by atoms with van der Waals surface area (Å²) in [6.07, 6.45) is 0. The molecule has 1 aliphatic rings. The summed E-state index contributed by atoms with van der Waals surface area (Å²) >= 11 is 8.19. The lowest BCUT2D eigenvalue weighted by Gasteiger charge is -2.39. The largest absolute Gasteiger partial charge is 0.369 e. The van der Waals surface area contributed by atoms with Crippen LogP contribution in [0.5, 0.6) is 0 Å². The standard InChI is InChI=1S/C24H25ClN2S/c1-19(26-14-16-27(17-15-26)21-8-4-2-5-9-21)23-18-20(25)12-13-24(23)28-22-10-6-3-7-11-22/h2-13,18-19H,14-17H2,1H3. The molecule has 2 nitrogen and oxygen atoms in total. The number of hydrogen-bond acceptors (Lipinski definition) is 3. The molecule has 28 heavy (non-hydrogen) atoms. The summed E-state index contributed by atoms with van der Waals surface area (Å²) in [5, 5.41) is 0.808. The van der Waals surface area contributed by atoms with E-state index in [1.54, 1.807) is 0 Å². The lowest BCUT2D eigenvalue weighted by molar-refractivity contribution is 0.196. The average molecular weight is 409 g/mol. The highest BCUT2D eigenvalue weighted by atomic mass is 35.5. The van der Waals surface area contributed by atoms with Gasteiger partial charge in [0, 0.05) is 52.7 Å². The molecule has 0 bridgehead atoms. The molecule has 4 heteroatoms. The quantitative estimate of drug-likeness (QED) is 0.484. The molecule has 1 aliphatic heterocycles. The Kier molecular flexibility index (Phi) is 6.26. The molecule has 0 N–H and O–H groups in total. The lowest BCUT2D eigenvalue weighted by Crippen LogP contribution is -2.47. The van der Waals surface area contributed by atoms with Gasteiger partial charge in [-0.15, -0.1) is 0 Å². The number of halogens is 1. The van der Waals surface area contributed by atoms with Crippen LogP contribution < -0.4 is 4.90 Å². The maximum Gasteiger partial charge on any atom is 0.0410 e. The van der Waals surface area contributed by atoms with Crippen molar-refractivity contribution in [3.05, 3.63) is 89.4 Å². The van der Waals surface area contributed by atoms with Crippen LogP contribution in [0, 0.1) is 0 Å². The Hall–Kier alpha value is -1.94. The van der Waals surface area contributed by atoms with Crippen LogP contribution in [-0.2, 0) is 0 Å². The summed E-state index contributed by atoms with van der Waals surface area (Å²) in [6.45, 7) is 6.51.